The van der Waals surface area contributed by atoms with Crippen LogP contribution in [0.15, 0.2) is 72.8 Å². The fourth-order valence-electron chi connectivity index (χ4n) is 6.04. The second kappa shape index (κ2) is 10.9. The molecule has 1 aliphatic carbocycles. The van der Waals surface area contributed by atoms with Crippen molar-refractivity contribution in [2.75, 3.05) is 19.1 Å². The summed E-state index contributed by atoms with van der Waals surface area (Å²) in [6.45, 7) is 4.50. The molecule has 1 N–H and O–H groups in total. The summed E-state index contributed by atoms with van der Waals surface area (Å²) >= 11 is 0. The summed E-state index contributed by atoms with van der Waals surface area (Å²) in [5.74, 6) is 1.62. The number of anilines is 1. The third-order valence-electron chi connectivity index (χ3n) is 8.46. The van der Waals surface area contributed by atoms with Crippen LogP contribution < -0.4 is 19.7 Å². The topological polar surface area (TPSA) is 67.9 Å². The van der Waals surface area contributed by atoms with Gasteiger partial charge in [-0.2, -0.15) is 0 Å². The SMILES string of the molecule is COc1ccc([C@@H]2[C@H](C(=O)N[C@@H]3CCC[C@@H](C)[C@@H]3C)c3ccccc3C(=O)N2c2ccc(OC)cc2)cc1. The highest BCUT2D eigenvalue weighted by molar-refractivity contribution is 6.11. The number of hydrogen-bond donors (Lipinski definition) is 1. The molecule has 198 valence electrons. The highest BCUT2D eigenvalue weighted by Crippen LogP contribution is 2.46. The van der Waals surface area contributed by atoms with Gasteiger partial charge in [-0.3, -0.25) is 14.5 Å². The fourth-order valence-corrected chi connectivity index (χ4v) is 6.04. The Kier molecular flexibility index (Phi) is 7.41. The van der Waals surface area contributed by atoms with Gasteiger partial charge in [-0.25, -0.2) is 0 Å². The van der Waals surface area contributed by atoms with Crippen LogP contribution in [0.4, 0.5) is 5.69 Å². The van der Waals surface area contributed by atoms with E-state index in [0.29, 0.717) is 28.8 Å². The average molecular weight is 513 g/mol. The summed E-state index contributed by atoms with van der Waals surface area (Å²) in [7, 11) is 3.24. The van der Waals surface area contributed by atoms with E-state index in [1.165, 1.54) is 6.42 Å². The Morgan fingerprint density at radius 3 is 2.16 bits per heavy atom. The lowest BCUT2D eigenvalue weighted by Gasteiger charge is -2.43. The molecular weight excluding hydrogens is 476 g/mol. The van der Waals surface area contributed by atoms with E-state index in [0.717, 1.165) is 29.7 Å². The second-order valence-electron chi connectivity index (χ2n) is 10.5. The molecule has 1 saturated carbocycles. The number of nitrogens with one attached hydrogen (secondary N) is 1. The number of hydrogen-bond acceptors (Lipinski definition) is 4. The number of fused-ring (bicyclic) bond motifs is 1. The molecule has 3 aromatic carbocycles. The zero-order valence-electron chi connectivity index (χ0n) is 22.5. The van der Waals surface area contributed by atoms with Gasteiger partial charge in [-0.05, 0) is 71.8 Å². The molecule has 5 atom stereocenters. The monoisotopic (exact) mass is 512 g/mol. The van der Waals surface area contributed by atoms with Crippen molar-refractivity contribution >= 4 is 17.5 Å². The maximum Gasteiger partial charge on any atom is 0.259 e. The van der Waals surface area contributed by atoms with Gasteiger partial charge in [0.05, 0.1) is 26.2 Å². The summed E-state index contributed by atoms with van der Waals surface area (Å²) < 4.78 is 10.8. The first kappa shape index (κ1) is 25.8. The lowest BCUT2D eigenvalue weighted by Crippen LogP contribution is -2.51. The smallest absolute Gasteiger partial charge is 0.259 e. The molecule has 38 heavy (non-hydrogen) atoms. The van der Waals surface area contributed by atoms with E-state index in [9.17, 15) is 9.59 Å². The summed E-state index contributed by atoms with van der Waals surface area (Å²) in [6, 6.07) is 22.2. The van der Waals surface area contributed by atoms with Crippen LogP contribution in [0.3, 0.4) is 0 Å². The molecule has 1 fully saturated rings. The molecule has 0 radical (unpaired) electrons. The normalized spacial score (nSPS) is 24.9. The minimum absolute atomic E-state index is 0.0461. The Bertz CT molecular complexity index is 1290. The lowest BCUT2D eigenvalue weighted by atomic mass is 9.76. The molecule has 6 nitrogen and oxygen atoms in total. The fraction of sp³-hybridized carbons (Fsp3) is 0.375. The highest BCUT2D eigenvalue weighted by Gasteiger charge is 2.45. The number of rotatable bonds is 6. The molecule has 6 heteroatoms. The van der Waals surface area contributed by atoms with Crippen molar-refractivity contribution in [1.82, 2.24) is 5.32 Å². The number of carbonyl (C=O) groups excluding carboxylic acids is 2. The standard InChI is InChI=1S/C32H36N2O4/c1-20-8-7-11-28(21(20)2)33-31(35)29-26-9-5-6-10-27(26)32(36)34(23-14-18-25(38-4)19-15-23)30(29)22-12-16-24(37-3)17-13-22/h5-6,9-10,12-21,28-30H,7-8,11H2,1-4H3,(H,33,35)/t20-,21+,28-,29-,30-/m1/s1. The van der Waals surface area contributed by atoms with Crippen LogP contribution in [-0.4, -0.2) is 32.1 Å². The molecule has 5 rings (SSSR count). The first-order chi connectivity index (χ1) is 18.4. The van der Waals surface area contributed by atoms with Crippen molar-refractivity contribution in [1.29, 1.82) is 0 Å². The van der Waals surface area contributed by atoms with E-state index < -0.39 is 12.0 Å². The van der Waals surface area contributed by atoms with Gasteiger partial charge in [0, 0.05) is 17.3 Å². The number of ether oxygens (including phenoxy) is 2. The molecule has 0 saturated heterocycles. The number of methoxy groups -OCH3 is 2. The zero-order valence-corrected chi connectivity index (χ0v) is 22.5. The Morgan fingerprint density at radius 1 is 0.868 bits per heavy atom. The second-order valence-corrected chi connectivity index (χ2v) is 10.5. The number of benzene rings is 3. The molecule has 0 unspecified atom stereocenters. The lowest BCUT2D eigenvalue weighted by molar-refractivity contribution is -0.124. The molecule has 2 aliphatic rings. The largest absolute Gasteiger partial charge is 0.497 e. The van der Waals surface area contributed by atoms with Gasteiger partial charge in [-0.15, -0.1) is 0 Å². The Morgan fingerprint density at radius 2 is 1.50 bits per heavy atom. The van der Waals surface area contributed by atoms with Crippen LogP contribution in [0, 0.1) is 11.8 Å². The molecule has 1 aliphatic heterocycles. The van der Waals surface area contributed by atoms with Crippen LogP contribution in [0.2, 0.25) is 0 Å². The van der Waals surface area contributed by atoms with Crippen LogP contribution in [0.25, 0.3) is 0 Å². The van der Waals surface area contributed by atoms with Crippen molar-refractivity contribution < 1.29 is 19.1 Å². The Balaban J connectivity index is 1.64. The maximum absolute atomic E-state index is 14.3. The Labute approximate surface area is 225 Å². The van der Waals surface area contributed by atoms with Gasteiger partial charge >= 0.3 is 0 Å². The quantitative estimate of drug-likeness (QED) is 0.431. The van der Waals surface area contributed by atoms with Crippen molar-refractivity contribution in [3.05, 3.63) is 89.5 Å². The van der Waals surface area contributed by atoms with E-state index in [1.54, 1.807) is 19.1 Å². The van der Waals surface area contributed by atoms with E-state index in [-0.39, 0.29) is 17.9 Å². The average Bonchev–Trinajstić information content (AvgIpc) is 2.95. The third kappa shape index (κ3) is 4.75. The third-order valence-corrected chi connectivity index (χ3v) is 8.46. The predicted molar refractivity (Wildman–Crippen MR) is 149 cm³/mol. The predicted octanol–water partition coefficient (Wildman–Crippen LogP) is 6.13. The van der Waals surface area contributed by atoms with Crippen LogP contribution in [-0.2, 0) is 4.79 Å². The van der Waals surface area contributed by atoms with E-state index in [1.807, 2.05) is 72.8 Å². The molecule has 1 heterocycles. The van der Waals surface area contributed by atoms with Crippen molar-refractivity contribution in [3.8, 4) is 11.5 Å². The van der Waals surface area contributed by atoms with Crippen LogP contribution >= 0.6 is 0 Å². The first-order valence-corrected chi connectivity index (χ1v) is 13.4. The Hall–Kier alpha value is -3.80. The summed E-state index contributed by atoms with van der Waals surface area (Å²) in [5.41, 5.74) is 2.90. The zero-order chi connectivity index (χ0) is 26.8. The van der Waals surface area contributed by atoms with Gasteiger partial charge in [0.1, 0.15) is 11.5 Å². The molecule has 3 aromatic rings. The molecule has 2 amide bonds. The summed E-state index contributed by atoms with van der Waals surface area (Å²) in [5, 5.41) is 3.42. The van der Waals surface area contributed by atoms with Crippen molar-refractivity contribution in [2.45, 2.75) is 51.1 Å². The molecule has 0 aromatic heterocycles. The number of amides is 2. The minimum Gasteiger partial charge on any atom is -0.497 e. The van der Waals surface area contributed by atoms with E-state index >= 15 is 0 Å². The number of nitrogens with zero attached hydrogens (tertiary/aromatic N) is 1. The molecule has 0 bridgehead atoms. The molecule has 0 spiro atoms. The van der Waals surface area contributed by atoms with Crippen LogP contribution in [0.1, 0.15) is 66.6 Å². The molecular formula is C32H36N2O4. The summed E-state index contributed by atoms with van der Waals surface area (Å²) in [6.07, 6.45) is 3.27. The van der Waals surface area contributed by atoms with Gasteiger partial charge in [0.25, 0.3) is 5.91 Å². The van der Waals surface area contributed by atoms with Crippen molar-refractivity contribution in [3.63, 3.8) is 0 Å². The highest BCUT2D eigenvalue weighted by atomic mass is 16.5. The summed E-state index contributed by atoms with van der Waals surface area (Å²) in [4.78, 5) is 30.1. The maximum atomic E-state index is 14.3. The van der Waals surface area contributed by atoms with E-state index in [4.69, 9.17) is 9.47 Å². The van der Waals surface area contributed by atoms with Gasteiger partial charge in [-0.1, -0.05) is 57.0 Å². The van der Waals surface area contributed by atoms with E-state index in [2.05, 4.69) is 19.2 Å². The minimum atomic E-state index is -0.580. The van der Waals surface area contributed by atoms with Gasteiger partial charge < -0.3 is 14.8 Å². The first-order valence-electron chi connectivity index (χ1n) is 13.4. The van der Waals surface area contributed by atoms with Gasteiger partial charge in [0.2, 0.25) is 5.91 Å². The van der Waals surface area contributed by atoms with Crippen molar-refractivity contribution in [2.24, 2.45) is 11.8 Å². The van der Waals surface area contributed by atoms with Crippen LogP contribution in [0.5, 0.6) is 11.5 Å². The van der Waals surface area contributed by atoms with Gasteiger partial charge in [0.15, 0.2) is 0 Å². The number of carbonyl (C=O) groups is 2.